The van der Waals surface area contributed by atoms with Crippen molar-refractivity contribution in [3.63, 3.8) is 0 Å². The van der Waals surface area contributed by atoms with Crippen molar-refractivity contribution in [1.82, 2.24) is 5.32 Å². The van der Waals surface area contributed by atoms with Crippen molar-refractivity contribution < 1.29 is 15.0 Å². The molecule has 0 radical (unpaired) electrons. The van der Waals surface area contributed by atoms with Gasteiger partial charge in [-0.2, -0.15) is 0 Å². The fraction of sp³-hybridized carbons (Fsp3) is 0.111. The van der Waals surface area contributed by atoms with E-state index in [0.717, 1.165) is 0 Å². The minimum Gasteiger partial charge on any atom is -0.504 e. The smallest absolute Gasteiger partial charge is 0.326 e. The Morgan fingerprint density at radius 1 is 1.53 bits per heavy atom. The Morgan fingerprint density at radius 3 is 2.65 bits per heavy atom. The molecule has 0 spiro atoms. The molecule has 0 saturated carbocycles. The number of carbonyl (C=O) groups is 1. The van der Waals surface area contributed by atoms with E-state index in [0.29, 0.717) is 5.56 Å². The van der Waals surface area contributed by atoms with Crippen LogP contribution in [0.4, 0.5) is 10.5 Å². The second-order valence-electron chi connectivity index (χ2n) is 3.24. The Hall–Kier alpha value is -2.15. The maximum atomic E-state index is 11.3. The summed E-state index contributed by atoms with van der Waals surface area (Å²) in [5.74, 6) is -1.44. The van der Waals surface area contributed by atoms with E-state index in [1.165, 1.54) is 6.07 Å². The van der Waals surface area contributed by atoms with E-state index in [4.69, 9.17) is 22.7 Å². The number of nitrogens with one attached hydrogen (secondary N) is 3. The van der Waals surface area contributed by atoms with Gasteiger partial charge in [0, 0.05) is 0 Å². The number of guanidine groups is 1. The molecule has 0 fully saturated rings. The highest BCUT2D eigenvalue weighted by Crippen LogP contribution is 2.40. The van der Waals surface area contributed by atoms with Gasteiger partial charge >= 0.3 is 6.03 Å². The predicted octanol–water partition coefficient (Wildman–Crippen LogP) is 1.07. The molecule has 17 heavy (non-hydrogen) atoms. The van der Waals surface area contributed by atoms with E-state index < -0.39 is 17.7 Å². The number of aromatic hydroxyl groups is 2. The van der Waals surface area contributed by atoms with E-state index in [9.17, 15) is 15.0 Å². The number of halogens is 1. The second kappa shape index (κ2) is 4.79. The number of rotatable bonds is 1. The summed E-state index contributed by atoms with van der Waals surface area (Å²) in [6.45, 7) is 1.58. The summed E-state index contributed by atoms with van der Waals surface area (Å²) in [4.78, 5) is 11.3. The van der Waals surface area contributed by atoms with Gasteiger partial charge in [-0.1, -0.05) is 11.6 Å². The topological polar surface area (TPSA) is 131 Å². The van der Waals surface area contributed by atoms with Crippen molar-refractivity contribution in [2.24, 2.45) is 5.73 Å². The van der Waals surface area contributed by atoms with Crippen LogP contribution in [0.3, 0.4) is 0 Å². The summed E-state index contributed by atoms with van der Waals surface area (Å²) in [6.07, 6.45) is 0. The molecule has 2 amide bonds. The lowest BCUT2D eigenvalue weighted by molar-refractivity contribution is 0.256. The van der Waals surface area contributed by atoms with Gasteiger partial charge in [-0.25, -0.2) is 4.79 Å². The number of phenolic OH excluding ortho intramolecular Hbond substituents is 2. The number of anilines is 1. The van der Waals surface area contributed by atoms with Crippen LogP contribution in [0.15, 0.2) is 6.07 Å². The highest BCUT2D eigenvalue weighted by molar-refractivity contribution is 6.35. The van der Waals surface area contributed by atoms with Gasteiger partial charge in [-0.05, 0) is 18.6 Å². The van der Waals surface area contributed by atoms with E-state index in [-0.39, 0.29) is 16.5 Å². The fourth-order valence-electron chi connectivity index (χ4n) is 1.17. The van der Waals surface area contributed by atoms with Gasteiger partial charge in [0.2, 0.25) is 0 Å². The minimum absolute atomic E-state index is 0.126. The standard InChI is InChI=1S/C9H11ClN4O3/c1-3-2-4(15)7(16)5(10)6(3)13-9(17)14-8(11)12/h2,15-16H,1H3,(H5,11,12,13,14,17). The first kappa shape index (κ1) is 12.9. The van der Waals surface area contributed by atoms with Gasteiger partial charge in [-0.15, -0.1) is 0 Å². The Kier molecular flexibility index (Phi) is 3.64. The maximum absolute atomic E-state index is 11.3. The molecule has 1 aromatic rings. The predicted molar refractivity (Wildman–Crippen MR) is 63.6 cm³/mol. The lowest BCUT2D eigenvalue weighted by Crippen LogP contribution is -2.38. The van der Waals surface area contributed by atoms with E-state index in [1.807, 2.05) is 5.32 Å². The Labute approximate surface area is 102 Å². The number of benzene rings is 1. The van der Waals surface area contributed by atoms with Crippen molar-refractivity contribution >= 4 is 29.3 Å². The molecule has 0 unspecified atom stereocenters. The largest absolute Gasteiger partial charge is 0.504 e. The zero-order valence-electron chi connectivity index (χ0n) is 8.84. The molecule has 0 heterocycles. The zero-order valence-corrected chi connectivity index (χ0v) is 9.59. The number of aryl methyl sites for hydroxylation is 1. The van der Waals surface area contributed by atoms with Crippen LogP contribution in [0.5, 0.6) is 11.5 Å². The van der Waals surface area contributed by atoms with Crippen molar-refractivity contribution in [2.75, 3.05) is 5.32 Å². The number of nitrogens with two attached hydrogens (primary N) is 1. The van der Waals surface area contributed by atoms with Gasteiger partial charge < -0.3 is 21.3 Å². The average Bonchev–Trinajstić information content (AvgIpc) is 2.20. The summed E-state index contributed by atoms with van der Waals surface area (Å²) in [7, 11) is 0. The molecular weight excluding hydrogens is 248 g/mol. The molecule has 0 bridgehead atoms. The molecule has 8 heteroatoms. The SMILES string of the molecule is Cc1cc(O)c(O)c(Cl)c1NC(=O)NC(=N)N. The minimum atomic E-state index is -0.771. The molecule has 7 N–H and O–H groups in total. The van der Waals surface area contributed by atoms with Crippen LogP contribution in [0.25, 0.3) is 0 Å². The maximum Gasteiger partial charge on any atom is 0.326 e. The Bertz CT molecular complexity index is 490. The lowest BCUT2D eigenvalue weighted by Gasteiger charge is -2.12. The summed E-state index contributed by atoms with van der Waals surface area (Å²) >= 11 is 5.75. The number of hydrogen-bond acceptors (Lipinski definition) is 4. The molecule has 0 atom stereocenters. The molecular formula is C9H11ClN4O3. The normalized spacial score (nSPS) is 9.76. The van der Waals surface area contributed by atoms with Crippen molar-refractivity contribution in [2.45, 2.75) is 6.92 Å². The summed E-state index contributed by atoms with van der Waals surface area (Å²) in [5.41, 5.74) is 5.54. The van der Waals surface area contributed by atoms with Crippen LogP contribution in [-0.2, 0) is 0 Å². The third-order valence-electron chi connectivity index (χ3n) is 1.90. The summed E-state index contributed by atoms with van der Waals surface area (Å²) in [6, 6.07) is 0.470. The van der Waals surface area contributed by atoms with Crippen LogP contribution in [0, 0.1) is 12.3 Å². The summed E-state index contributed by atoms with van der Waals surface area (Å²) < 4.78 is 0. The van der Waals surface area contributed by atoms with Gasteiger partial charge in [0.05, 0.1) is 5.69 Å². The van der Waals surface area contributed by atoms with Gasteiger partial charge in [0.25, 0.3) is 0 Å². The first-order valence-electron chi connectivity index (χ1n) is 4.46. The van der Waals surface area contributed by atoms with E-state index >= 15 is 0 Å². The third kappa shape index (κ3) is 2.91. The van der Waals surface area contributed by atoms with E-state index in [2.05, 4.69) is 5.32 Å². The monoisotopic (exact) mass is 258 g/mol. The molecule has 92 valence electrons. The molecule has 0 aliphatic carbocycles. The number of hydrogen-bond donors (Lipinski definition) is 6. The average molecular weight is 259 g/mol. The number of amides is 2. The van der Waals surface area contributed by atoms with Crippen molar-refractivity contribution in [3.05, 3.63) is 16.7 Å². The van der Waals surface area contributed by atoms with Crippen LogP contribution in [-0.4, -0.2) is 22.2 Å². The molecule has 7 nitrogen and oxygen atoms in total. The molecule has 0 aliphatic rings. The first-order chi connectivity index (χ1) is 7.82. The molecule has 0 aliphatic heterocycles. The number of carbonyl (C=O) groups excluding carboxylic acids is 1. The lowest BCUT2D eigenvalue weighted by atomic mass is 10.1. The van der Waals surface area contributed by atoms with Gasteiger partial charge in [0.15, 0.2) is 17.5 Å². The molecule has 1 aromatic carbocycles. The second-order valence-corrected chi connectivity index (χ2v) is 3.62. The number of urea groups is 1. The highest BCUT2D eigenvalue weighted by atomic mass is 35.5. The van der Waals surface area contributed by atoms with Crippen molar-refractivity contribution in [3.8, 4) is 11.5 Å². The quantitative estimate of drug-likeness (QED) is 0.195. The molecule has 1 rings (SSSR count). The Morgan fingerprint density at radius 2 is 2.12 bits per heavy atom. The zero-order chi connectivity index (χ0) is 13.2. The molecule has 0 saturated heterocycles. The van der Waals surface area contributed by atoms with Crippen LogP contribution in [0.2, 0.25) is 5.02 Å². The van der Waals surface area contributed by atoms with E-state index in [1.54, 1.807) is 6.92 Å². The van der Waals surface area contributed by atoms with Gasteiger partial charge in [0.1, 0.15) is 5.02 Å². The number of phenols is 2. The van der Waals surface area contributed by atoms with Crippen molar-refractivity contribution in [1.29, 1.82) is 5.41 Å². The van der Waals surface area contributed by atoms with Gasteiger partial charge in [-0.3, -0.25) is 10.7 Å². The first-order valence-corrected chi connectivity index (χ1v) is 4.83. The Balaban J connectivity index is 3.03. The van der Waals surface area contributed by atoms with Crippen LogP contribution in [0.1, 0.15) is 5.56 Å². The van der Waals surface area contributed by atoms with Crippen LogP contribution >= 0.6 is 11.6 Å². The molecule has 0 aromatic heterocycles. The third-order valence-corrected chi connectivity index (χ3v) is 2.27. The fourth-order valence-corrected chi connectivity index (χ4v) is 1.46. The summed E-state index contributed by atoms with van der Waals surface area (Å²) in [5, 5.41) is 29.6. The van der Waals surface area contributed by atoms with Crippen LogP contribution < -0.4 is 16.4 Å². The highest BCUT2D eigenvalue weighted by Gasteiger charge is 2.15.